The number of carbonyl (C=O) groups excluding carboxylic acids is 2. The van der Waals surface area contributed by atoms with Gasteiger partial charge in [0.05, 0.1) is 23.3 Å². The van der Waals surface area contributed by atoms with Gasteiger partial charge in [-0.2, -0.15) is 0 Å². The van der Waals surface area contributed by atoms with Crippen molar-refractivity contribution in [3.63, 3.8) is 0 Å². The van der Waals surface area contributed by atoms with E-state index in [4.69, 9.17) is 0 Å². The summed E-state index contributed by atoms with van der Waals surface area (Å²) in [4.78, 5) is 25.8. The van der Waals surface area contributed by atoms with E-state index in [1.807, 2.05) is 0 Å². The minimum atomic E-state index is -0.913. The molecule has 0 radical (unpaired) electrons. The van der Waals surface area contributed by atoms with Gasteiger partial charge in [0.1, 0.15) is 0 Å². The highest BCUT2D eigenvalue weighted by Gasteiger charge is 2.40. The van der Waals surface area contributed by atoms with Gasteiger partial charge in [-0.1, -0.05) is 37.8 Å². The Balaban J connectivity index is 1.82. The molecule has 4 heteroatoms. The number of β-amino-alcohol motifs (C(OH)–C–C–N with tert-alkyl or cyclic N) is 1. The first-order chi connectivity index (χ1) is 9.61. The molecule has 0 aromatic heterocycles. The maximum atomic E-state index is 12.3. The number of benzene rings is 1. The Kier molecular flexibility index (Phi) is 3.34. The second-order valence-electron chi connectivity index (χ2n) is 5.88. The fourth-order valence-corrected chi connectivity index (χ4v) is 3.22. The number of hydrogen-bond acceptors (Lipinski definition) is 3. The summed E-state index contributed by atoms with van der Waals surface area (Å²) in [5.41, 5.74) is -0.00594. The average Bonchev–Trinajstić information content (AvgIpc) is 2.62. The van der Waals surface area contributed by atoms with Gasteiger partial charge in [0.15, 0.2) is 0 Å². The molecule has 0 unspecified atom stereocenters. The fourth-order valence-electron chi connectivity index (χ4n) is 3.22. The van der Waals surface area contributed by atoms with Crippen LogP contribution in [0.3, 0.4) is 0 Å². The van der Waals surface area contributed by atoms with Crippen LogP contribution in [-0.2, 0) is 0 Å². The summed E-state index contributed by atoms with van der Waals surface area (Å²) < 4.78 is 0. The number of nitrogens with zero attached hydrogens (tertiary/aromatic N) is 1. The molecule has 1 saturated carbocycles. The minimum Gasteiger partial charge on any atom is -0.388 e. The molecule has 20 heavy (non-hydrogen) atoms. The second-order valence-corrected chi connectivity index (χ2v) is 5.88. The Labute approximate surface area is 118 Å². The van der Waals surface area contributed by atoms with Gasteiger partial charge in [-0.15, -0.1) is 0 Å². The van der Waals surface area contributed by atoms with Gasteiger partial charge in [0.25, 0.3) is 11.8 Å². The van der Waals surface area contributed by atoms with Crippen molar-refractivity contribution in [1.82, 2.24) is 4.90 Å². The van der Waals surface area contributed by atoms with E-state index < -0.39 is 5.60 Å². The highest BCUT2D eigenvalue weighted by atomic mass is 16.3. The molecule has 1 aliphatic heterocycles. The Bertz CT molecular complexity index is 509. The van der Waals surface area contributed by atoms with Crippen LogP contribution in [0.15, 0.2) is 24.3 Å². The standard InChI is InChI=1S/C16H19NO3/c18-14-12-7-3-4-8-13(12)15(19)17(14)11-16(20)9-5-1-2-6-10-16/h3-4,7-8,20H,1-2,5-6,9-11H2. The summed E-state index contributed by atoms with van der Waals surface area (Å²) in [5.74, 6) is -0.549. The van der Waals surface area contributed by atoms with Crippen LogP contribution in [0.2, 0.25) is 0 Å². The summed E-state index contributed by atoms with van der Waals surface area (Å²) in [5, 5.41) is 10.7. The molecular formula is C16H19NO3. The van der Waals surface area contributed by atoms with Crippen LogP contribution in [0, 0.1) is 0 Å². The molecule has 2 amide bonds. The zero-order chi connectivity index (χ0) is 14.2. The Morgan fingerprint density at radius 1 is 0.950 bits per heavy atom. The molecule has 1 fully saturated rings. The van der Waals surface area contributed by atoms with Crippen LogP contribution in [-0.4, -0.2) is 34.0 Å². The van der Waals surface area contributed by atoms with Crippen LogP contribution in [0.1, 0.15) is 59.2 Å². The topological polar surface area (TPSA) is 57.6 Å². The van der Waals surface area contributed by atoms with Gasteiger partial charge in [0.2, 0.25) is 0 Å². The lowest BCUT2D eigenvalue weighted by Crippen LogP contribution is -2.45. The number of imide groups is 1. The van der Waals surface area contributed by atoms with Crippen molar-refractivity contribution < 1.29 is 14.7 Å². The van der Waals surface area contributed by atoms with Crippen LogP contribution >= 0.6 is 0 Å². The maximum absolute atomic E-state index is 12.3. The third kappa shape index (κ3) is 2.24. The van der Waals surface area contributed by atoms with Gasteiger partial charge in [-0.3, -0.25) is 14.5 Å². The van der Waals surface area contributed by atoms with Crippen LogP contribution in [0.25, 0.3) is 0 Å². The quantitative estimate of drug-likeness (QED) is 0.665. The smallest absolute Gasteiger partial charge is 0.261 e. The Hall–Kier alpha value is -1.68. The Morgan fingerprint density at radius 2 is 1.45 bits per heavy atom. The molecule has 1 aromatic rings. The molecular weight excluding hydrogens is 254 g/mol. The van der Waals surface area contributed by atoms with Gasteiger partial charge < -0.3 is 5.11 Å². The molecule has 106 valence electrons. The minimum absolute atomic E-state index is 0.124. The van der Waals surface area contributed by atoms with E-state index in [2.05, 4.69) is 0 Å². The number of aliphatic hydroxyl groups is 1. The number of fused-ring (bicyclic) bond motifs is 1. The molecule has 1 aromatic carbocycles. The van der Waals surface area contributed by atoms with Gasteiger partial charge in [-0.25, -0.2) is 0 Å². The van der Waals surface area contributed by atoms with E-state index in [0.29, 0.717) is 24.0 Å². The van der Waals surface area contributed by atoms with E-state index in [-0.39, 0.29) is 18.4 Å². The summed E-state index contributed by atoms with van der Waals surface area (Å²) >= 11 is 0. The predicted octanol–water partition coefficient (Wildman–Crippen LogP) is 2.37. The highest BCUT2D eigenvalue weighted by Crippen LogP contribution is 2.31. The van der Waals surface area contributed by atoms with Crippen LogP contribution < -0.4 is 0 Å². The van der Waals surface area contributed by atoms with E-state index in [9.17, 15) is 14.7 Å². The van der Waals surface area contributed by atoms with Gasteiger partial charge in [0, 0.05) is 0 Å². The summed E-state index contributed by atoms with van der Waals surface area (Å²) in [6, 6.07) is 6.86. The Morgan fingerprint density at radius 3 is 1.95 bits per heavy atom. The van der Waals surface area contributed by atoms with Crippen molar-refractivity contribution in [3.8, 4) is 0 Å². The molecule has 0 saturated heterocycles. The normalized spacial score (nSPS) is 21.8. The molecule has 1 heterocycles. The van der Waals surface area contributed by atoms with Crippen molar-refractivity contribution in [1.29, 1.82) is 0 Å². The molecule has 2 aliphatic rings. The SMILES string of the molecule is O=C1c2ccccc2C(=O)N1CC1(O)CCCCCC1. The first-order valence-corrected chi connectivity index (χ1v) is 7.28. The molecule has 3 rings (SSSR count). The lowest BCUT2D eigenvalue weighted by molar-refractivity contribution is -0.00269. The van der Waals surface area contributed by atoms with Crippen molar-refractivity contribution in [2.24, 2.45) is 0 Å². The molecule has 1 aliphatic carbocycles. The summed E-state index contributed by atoms with van der Waals surface area (Å²) in [7, 11) is 0. The third-order valence-electron chi connectivity index (χ3n) is 4.36. The number of carbonyl (C=O) groups is 2. The zero-order valence-corrected chi connectivity index (χ0v) is 11.5. The molecule has 1 N–H and O–H groups in total. The predicted molar refractivity (Wildman–Crippen MR) is 74.5 cm³/mol. The van der Waals surface area contributed by atoms with Crippen LogP contribution in [0.4, 0.5) is 0 Å². The third-order valence-corrected chi connectivity index (χ3v) is 4.36. The number of rotatable bonds is 2. The molecule has 0 atom stereocenters. The summed E-state index contributed by atoms with van der Waals surface area (Å²) in [6.45, 7) is 0.124. The number of amides is 2. The zero-order valence-electron chi connectivity index (χ0n) is 11.5. The van der Waals surface area contributed by atoms with Crippen molar-refractivity contribution in [2.45, 2.75) is 44.1 Å². The largest absolute Gasteiger partial charge is 0.388 e. The number of hydrogen-bond donors (Lipinski definition) is 1. The fraction of sp³-hybridized carbons (Fsp3) is 0.500. The average molecular weight is 273 g/mol. The molecule has 0 spiro atoms. The lowest BCUT2D eigenvalue weighted by Gasteiger charge is -2.30. The first kappa shape index (κ1) is 13.3. The highest BCUT2D eigenvalue weighted by molar-refractivity contribution is 6.21. The lowest BCUT2D eigenvalue weighted by atomic mass is 9.94. The van der Waals surface area contributed by atoms with Crippen LogP contribution in [0.5, 0.6) is 0 Å². The van der Waals surface area contributed by atoms with E-state index in [0.717, 1.165) is 25.7 Å². The summed E-state index contributed by atoms with van der Waals surface area (Å²) in [6.07, 6.45) is 5.48. The van der Waals surface area contributed by atoms with Crippen molar-refractivity contribution in [2.75, 3.05) is 6.54 Å². The first-order valence-electron chi connectivity index (χ1n) is 7.28. The van der Waals surface area contributed by atoms with Crippen molar-refractivity contribution >= 4 is 11.8 Å². The monoisotopic (exact) mass is 273 g/mol. The van der Waals surface area contributed by atoms with Crippen molar-refractivity contribution in [3.05, 3.63) is 35.4 Å². The van der Waals surface area contributed by atoms with E-state index in [1.165, 1.54) is 4.90 Å². The molecule has 4 nitrogen and oxygen atoms in total. The van der Waals surface area contributed by atoms with Gasteiger partial charge in [-0.05, 0) is 25.0 Å². The van der Waals surface area contributed by atoms with E-state index in [1.54, 1.807) is 24.3 Å². The maximum Gasteiger partial charge on any atom is 0.261 e. The van der Waals surface area contributed by atoms with Gasteiger partial charge >= 0.3 is 0 Å². The second kappa shape index (κ2) is 5.02. The molecule has 0 bridgehead atoms. The van der Waals surface area contributed by atoms with E-state index >= 15 is 0 Å².